The molecule has 0 bridgehead atoms. The summed E-state index contributed by atoms with van der Waals surface area (Å²) < 4.78 is 29.2. The Kier molecular flexibility index (Phi) is 6.59. The van der Waals surface area contributed by atoms with Gasteiger partial charge in [-0.2, -0.15) is 0 Å². The van der Waals surface area contributed by atoms with E-state index in [0.717, 1.165) is 12.8 Å². The average molecular weight is 330 g/mol. The number of rotatable bonds is 8. The van der Waals surface area contributed by atoms with Crippen molar-refractivity contribution in [3.05, 3.63) is 17.0 Å². The van der Waals surface area contributed by atoms with Gasteiger partial charge >= 0.3 is 0 Å². The lowest BCUT2D eigenvalue weighted by Crippen LogP contribution is -2.37. The van der Waals surface area contributed by atoms with E-state index in [1.165, 1.54) is 0 Å². The summed E-state index contributed by atoms with van der Waals surface area (Å²) >= 11 is 0. The number of nitrogens with zero attached hydrogens (tertiary/aromatic N) is 1. The summed E-state index contributed by atoms with van der Waals surface area (Å²) in [5, 5.41) is 6.47. The van der Waals surface area contributed by atoms with E-state index >= 15 is 0 Å². The molecule has 0 fully saturated rings. The Morgan fingerprint density at radius 1 is 1.23 bits per heavy atom. The van der Waals surface area contributed by atoms with E-state index in [2.05, 4.69) is 24.3 Å². The van der Waals surface area contributed by atoms with Gasteiger partial charge in [0.15, 0.2) is 9.84 Å². The highest BCUT2D eigenvalue weighted by Gasteiger charge is 2.22. The Balaban J connectivity index is 2.56. The van der Waals surface area contributed by atoms with Gasteiger partial charge in [-0.05, 0) is 39.5 Å². The third-order valence-electron chi connectivity index (χ3n) is 3.48. The molecule has 7 heteroatoms. The molecule has 0 saturated carbocycles. The number of sulfone groups is 1. The highest BCUT2D eigenvalue weighted by Crippen LogP contribution is 2.16. The topological polar surface area (TPSA) is 89.3 Å². The number of carbonyl (C=O) groups is 1. The maximum atomic E-state index is 12.1. The Morgan fingerprint density at radius 3 is 2.36 bits per heavy atom. The van der Waals surface area contributed by atoms with E-state index in [9.17, 15) is 13.2 Å². The SMILES string of the molecule is Cc1noc(C)c1CS(=O)(=O)CC(=O)N[C@H](C)CCC(C)C. The molecule has 6 nitrogen and oxygen atoms in total. The number of carbonyl (C=O) groups excluding carboxylic acids is 1. The van der Waals surface area contributed by atoms with Crippen LogP contribution in [0.15, 0.2) is 4.52 Å². The van der Waals surface area contributed by atoms with Crippen LogP contribution in [0.5, 0.6) is 0 Å². The fourth-order valence-corrected chi connectivity index (χ4v) is 3.59. The van der Waals surface area contributed by atoms with Crippen molar-refractivity contribution in [2.45, 2.75) is 59.3 Å². The first kappa shape index (κ1) is 18.7. The zero-order chi connectivity index (χ0) is 16.9. The summed E-state index contributed by atoms with van der Waals surface area (Å²) in [7, 11) is -3.54. The Morgan fingerprint density at radius 2 is 1.86 bits per heavy atom. The monoisotopic (exact) mass is 330 g/mol. The van der Waals surface area contributed by atoms with Gasteiger partial charge in [-0.15, -0.1) is 0 Å². The van der Waals surface area contributed by atoms with Crippen molar-refractivity contribution in [3.63, 3.8) is 0 Å². The molecule has 0 radical (unpaired) electrons. The van der Waals surface area contributed by atoms with Crippen LogP contribution in [0, 0.1) is 19.8 Å². The minimum Gasteiger partial charge on any atom is -0.361 e. The summed E-state index contributed by atoms with van der Waals surface area (Å²) in [6.07, 6.45) is 1.83. The van der Waals surface area contributed by atoms with Gasteiger partial charge in [0.2, 0.25) is 5.91 Å². The highest BCUT2D eigenvalue weighted by molar-refractivity contribution is 7.91. The van der Waals surface area contributed by atoms with Crippen LogP contribution >= 0.6 is 0 Å². The standard InChI is InChI=1S/C15H26N2O4S/c1-10(2)6-7-11(3)16-15(18)9-22(19,20)8-14-12(4)17-21-13(14)5/h10-11H,6-9H2,1-5H3,(H,16,18)/t11-/m1/s1. The normalized spacial score (nSPS) is 13.4. The lowest BCUT2D eigenvalue weighted by molar-refractivity contribution is -0.119. The summed E-state index contributed by atoms with van der Waals surface area (Å²) in [5.74, 6) is -0.150. The number of hydrogen-bond donors (Lipinski definition) is 1. The summed E-state index contributed by atoms with van der Waals surface area (Å²) in [6.45, 7) is 9.47. The Bertz CT molecular complexity index is 586. The Labute approximate surface area is 132 Å². The van der Waals surface area contributed by atoms with E-state index in [0.29, 0.717) is 22.9 Å². The van der Waals surface area contributed by atoms with Crippen LogP contribution in [-0.4, -0.2) is 31.3 Å². The van der Waals surface area contributed by atoms with E-state index in [1.807, 2.05) is 6.92 Å². The van der Waals surface area contributed by atoms with Crippen molar-refractivity contribution >= 4 is 15.7 Å². The van der Waals surface area contributed by atoms with Crippen LogP contribution in [0.4, 0.5) is 0 Å². The summed E-state index contributed by atoms with van der Waals surface area (Å²) in [6, 6.07) is -0.0239. The van der Waals surface area contributed by atoms with Crippen molar-refractivity contribution in [1.82, 2.24) is 10.5 Å². The first-order valence-electron chi connectivity index (χ1n) is 7.52. The fraction of sp³-hybridized carbons (Fsp3) is 0.733. The minimum absolute atomic E-state index is 0.0239. The summed E-state index contributed by atoms with van der Waals surface area (Å²) in [5.41, 5.74) is 1.09. The molecular weight excluding hydrogens is 304 g/mol. The predicted molar refractivity (Wildman–Crippen MR) is 85.1 cm³/mol. The van der Waals surface area contributed by atoms with Gasteiger partial charge in [0.1, 0.15) is 11.5 Å². The molecule has 126 valence electrons. The minimum atomic E-state index is -3.54. The molecule has 0 spiro atoms. The molecule has 0 aliphatic carbocycles. The van der Waals surface area contributed by atoms with E-state index in [4.69, 9.17) is 4.52 Å². The molecule has 1 aromatic heterocycles. The molecule has 1 aromatic rings. The zero-order valence-corrected chi connectivity index (χ0v) is 14.8. The third kappa shape index (κ3) is 6.17. The molecule has 1 amide bonds. The average Bonchev–Trinajstić information content (AvgIpc) is 2.66. The van der Waals surface area contributed by atoms with Crippen molar-refractivity contribution in [2.75, 3.05) is 5.75 Å². The second-order valence-electron chi connectivity index (χ2n) is 6.27. The smallest absolute Gasteiger partial charge is 0.235 e. The van der Waals surface area contributed by atoms with Crippen LogP contribution in [0.25, 0.3) is 0 Å². The lowest BCUT2D eigenvalue weighted by atomic mass is 10.0. The van der Waals surface area contributed by atoms with Gasteiger partial charge < -0.3 is 9.84 Å². The van der Waals surface area contributed by atoms with Crippen molar-refractivity contribution in [2.24, 2.45) is 5.92 Å². The molecule has 0 aliphatic rings. The molecular formula is C15H26N2O4S. The van der Waals surface area contributed by atoms with E-state index in [1.54, 1.807) is 13.8 Å². The van der Waals surface area contributed by atoms with Crippen LogP contribution < -0.4 is 5.32 Å². The highest BCUT2D eigenvalue weighted by atomic mass is 32.2. The zero-order valence-electron chi connectivity index (χ0n) is 14.0. The molecule has 1 heterocycles. The largest absolute Gasteiger partial charge is 0.361 e. The van der Waals surface area contributed by atoms with Gasteiger partial charge in [-0.1, -0.05) is 19.0 Å². The predicted octanol–water partition coefficient (Wildman–Crippen LogP) is 2.15. The van der Waals surface area contributed by atoms with Gasteiger partial charge in [0.25, 0.3) is 0 Å². The van der Waals surface area contributed by atoms with Crippen molar-refractivity contribution in [1.29, 1.82) is 0 Å². The molecule has 0 unspecified atom stereocenters. The second-order valence-corrected chi connectivity index (χ2v) is 8.34. The van der Waals surface area contributed by atoms with Crippen molar-refractivity contribution in [3.8, 4) is 0 Å². The molecule has 0 aliphatic heterocycles. The summed E-state index contributed by atoms with van der Waals surface area (Å²) in [4.78, 5) is 11.9. The van der Waals surface area contributed by atoms with Crippen LogP contribution in [0.1, 0.15) is 50.6 Å². The van der Waals surface area contributed by atoms with Crippen molar-refractivity contribution < 1.29 is 17.7 Å². The maximum Gasteiger partial charge on any atom is 0.235 e. The first-order chi connectivity index (χ1) is 10.1. The first-order valence-corrected chi connectivity index (χ1v) is 9.34. The molecule has 22 heavy (non-hydrogen) atoms. The second kappa shape index (κ2) is 7.76. The number of nitrogens with one attached hydrogen (secondary N) is 1. The maximum absolute atomic E-state index is 12.1. The number of amides is 1. The number of aryl methyl sites for hydroxylation is 2. The number of hydrogen-bond acceptors (Lipinski definition) is 5. The molecule has 0 aromatic carbocycles. The van der Waals surface area contributed by atoms with E-state index < -0.39 is 21.5 Å². The van der Waals surface area contributed by atoms with Crippen LogP contribution in [-0.2, 0) is 20.4 Å². The molecule has 1 N–H and O–H groups in total. The van der Waals surface area contributed by atoms with Gasteiger partial charge in [0.05, 0.1) is 11.4 Å². The molecule has 0 saturated heterocycles. The van der Waals surface area contributed by atoms with Crippen LogP contribution in [0.3, 0.4) is 0 Å². The lowest BCUT2D eigenvalue weighted by Gasteiger charge is -2.15. The Hall–Kier alpha value is -1.37. The quantitative estimate of drug-likeness (QED) is 0.789. The number of aromatic nitrogens is 1. The van der Waals surface area contributed by atoms with Crippen LogP contribution in [0.2, 0.25) is 0 Å². The fourth-order valence-electron chi connectivity index (χ4n) is 2.15. The third-order valence-corrected chi connectivity index (χ3v) is 4.91. The van der Waals surface area contributed by atoms with Gasteiger partial charge in [-0.3, -0.25) is 4.79 Å². The van der Waals surface area contributed by atoms with Gasteiger partial charge in [0, 0.05) is 11.6 Å². The molecule has 1 atom stereocenters. The van der Waals surface area contributed by atoms with Gasteiger partial charge in [-0.25, -0.2) is 8.42 Å². The van der Waals surface area contributed by atoms with E-state index in [-0.39, 0.29) is 11.8 Å². The molecule has 1 rings (SSSR count).